The van der Waals surface area contributed by atoms with Gasteiger partial charge in [-0.25, -0.2) is 0 Å². The van der Waals surface area contributed by atoms with Gasteiger partial charge in [-0.1, -0.05) is 6.92 Å². The van der Waals surface area contributed by atoms with Gasteiger partial charge in [0.25, 0.3) is 0 Å². The molecule has 0 aliphatic carbocycles. The maximum atomic E-state index is 12.1. The van der Waals surface area contributed by atoms with E-state index in [9.17, 15) is 4.79 Å². The minimum atomic E-state index is -0.244. The first kappa shape index (κ1) is 13.7. The monoisotopic (exact) mass is 279 g/mol. The second-order valence-corrected chi connectivity index (χ2v) is 5.43. The molecule has 0 spiro atoms. The minimum Gasteiger partial charge on any atom is -0.354 e. The molecular weight excluding hydrogens is 262 g/mol. The van der Waals surface area contributed by atoms with Crippen molar-refractivity contribution >= 4 is 17.2 Å². The van der Waals surface area contributed by atoms with E-state index in [0.717, 1.165) is 10.0 Å². The third kappa shape index (κ3) is 3.60. The predicted octanol–water partition coefficient (Wildman–Crippen LogP) is 1.35. The number of rotatable bonds is 6. The molecule has 102 valence electrons. The molecule has 0 fully saturated rings. The maximum Gasteiger partial charge on any atom is 0.244 e. The van der Waals surface area contributed by atoms with Gasteiger partial charge in [-0.15, -0.1) is 21.5 Å². The highest BCUT2D eigenvalue weighted by Crippen LogP contribution is 2.10. The van der Waals surface area contributed by atoms with Gasteiger partial charge in [0.05, 0.1) is 0 Å². The molecule has 2 aromatic heterocycles. The lowest BCUT2D eigenvalue weighted by Gasteiger charge is -2.15. The molecule has 0 saturated carbocycles. The van der Waals surface area contributed by atoms with Crippen molar-refractivity contribution in [3.8, 4) is 0 Å². The van der Waals surface area contributed by atoms with Crippen LogP contribution in [0.25, 0.3) is 0 Å². The molecular formula is C12H17N5OS. The Morgan fingerprint density at radius 2 is 2.37 bits per heavy atom. The van der Waals surface area contributed by atoms with Gasteiger partial charge in [0.15, 0.2) is 0 Å². The van der Waals surface area contributed by atoms with Crippen LogP contribution < -0.4 is 5.32 Å². The summed E-state index contributed by atoms with van der Waals surface area (Å²) in [4.78, 5) is 12.1. The predicted molar refractivity (Wildman–Crippen MR) is 72.9 cm³/mol. The third-order valence-electron chi connectivity index (χ3n) is 2.74. The first-order chi connectivity index (χ1) is 9.20. The van der Waals surface area contributed by atoms with Crippen LogP contribution in [0, 0.1) is 6.92 Å². The van der Waals surface area contributed by atoms with Crippen molar-refractivity contribution in [2.75, 3.05) is 6.54 Å². The third-order valence-corrected chi connectivity index (χ3v) is 3.64. The number of carbonyl (C=O) groups excluding carboxylic acids is 1. The van der Waals surface area contributed by atoms with Crippen molar-refractivity contribution in [1.82, 2.24) is 25.3 Å². The van der Waals surface area contributed by atoms with Gasteiger partial charge in [-0.3, -0.25) is 9.48 Å². The molecule has 1 atom stereocenters. The van der Waals surface area contributed by atoms with Gasteiger partial charge in [-0.05, 0) is 19.4 Å². The Labute approximate surface area is 115 Å². The van der Waals surface area contributed by atoms with E-state index in [0.29, 0.717) is 19.4 Å². The van der Waals surface area contributed by atoms with E-state index >= 15 is 0 Å². The number of hydrogen-bond donors (Lipinski definition) is 1. The number of carbonyl (C=O) groups is 1. The summed E-state index contributed by atoms with van der Waals surface area (Å²) in [5.74, 6) is -0.00700. The molecule has 2 rings (SSSR count). The zero-order valence-corrected chi connectivity index (χ0v) is 11.9. The Balaban J connectivity index is 1.83. The molecule has 1 amide bonds. The van der Waals surface area contributed by atoms with Crippen molar-refractivity contribution in [3.05, 3.63) is 28.5 Å². The summed E-state index contributed by atoms with van der Waals surface area (Å²) in [6.45, 7) is 4.47. The van der Waals surface area contributed by atoms with Gasteiger partial charge in [0.1, 0.15) is 16.1 Å². The quantitative estimate of drug-likeness (QED) is 0.866. The number of amides is 1. The molecule has 0 aliphatic rings. The fourth-order valence-corrected chi connectivity index (χ4v) is 2.51. The number of nitrogens with zero attached hydrogens (tertiary/aromatic N) is 4. The van der Waals surface area contributed by atoms with E-state index in [-0.39, 0.29) is 11.9 Å². The van der Waals surface area contributed by atoms with Crippen LogP contribution in [0.3, 0.4) is 0 Å². The van der Waals surface area contributed by atoms with Gasteiger partial charge in [0, 0.05) is 25.4 Å². The average molecular weight is 279 g/mol. The van der Waals surface area contributed by atoms with Crippen molar-refractivity contribution in [3.63, 3.8) is 0 Å². The van der Waals surface area contributed by atoms with E-state index in [2.05, 4.69) is 20.6 Å². The fourth-order valence-electron chi connectivity index (χ4n) is 1.81. The van der Waals surface area contributed by atoms with Crippen LogP contribution in [0.1, 0.15) is 29.4 Å². The minimum absolute atomic E-state index is 0.00700. The Morgan fingerprint density at radius 3 is 2.95 bits per heavy atom. The van der Waals surface area contributed by atoms with Gasteiger partial charge in [-0.2, -0.15) is 5.10 Å². The summed E-state index contributed by atoms with van der Waals surface area (Å²) >= 11 is 1.56. The van der Waals surface area contributed by atoms with Crippen LogP contribution in [-0.2, 0) is 11.2 Å². The largest absolute Gasteiger partial charge is 0.354 e. The van der Waals surface area contributed by atoms with E-state index in [1.807, 2.05) is 26.1 Å². The number of aromatic nitrogens is 4. The van der Waals surface area contributed by atoms with E-state index in [4.69, 9.17) is 0 Å². The SMILES string of the molecule is CC[C@@H](C(=O)NCCc1nnc(C)s1)n1cccn1. The van der Waals surface area contributed by atoms with Crippen molar-refractivity contribution in [2.45, 2.75) is 32.7 Å². The fraction of sp³-hybridized carbons (Fsp3) is 0.500. The smallest absolute Gasteiger partial charge is 0.244 e. The Morgan fingerprint density at radius 1 is 1.53 bits per heavy atom. The molecule has 6 nitrogen and oxygen atoms in total. The van der Waals surface area contributed by atoms with Crippen molar-refractivity contribution < 1.29 is 4.79 Å². The highest BCUT2D eigenvalue weighted by Gasteiger charge is 2.17. The van der Waals surface area contributed by atoms with E-state index < -0.39 is 0 Å². The lowest BCUT2D eigenvalue weighted by molar-refractivity contribution is -0.124. The topological polar surface area (TPSA) is 72.7 Å². The average Bonchev–Trinajstić information content (AvgIpc) is 3.02. The van der Waals surface area contributed by atoms with Crippen LogP contribution in [0.5, 0.6) is 0 Å². The molecule has 0 aromatic carbocycles. The van der Waals surface area contributed by atoms with Gasteiger partial charge in [0.2, 0.25) is 5.91 Å². The summed E-state index contributed by atoms with van der Waals surface area (Å²) in [6, 6.07) is 1.58. The van der Waals surface area contributed by atoms with Crippen LogP contribution in [0.15, 0.2) is 18.5 Å². The van der Waals surface area contributed by atoms with Crippen LogP contribution in [0.4, 0.5) is 0 Å². The molecule has 0 radical (unpaired) electrons. The molecule has 19 heavy (non-hydrogen) atoms. The summed E-state index contributed by atoms with van der Waals surface area (Å²) in [6.07, 6.45) is 4.92. The lowest BCUT2D eigenvalue weighted by Crippen LogP contribution is -2.33. The Hall–Kier alpha value is -1.76. The molecule has 7 heteroatoms. The van der Waals surface area contributed by atoms with Crippen molar-refractivity contribution in [1.29, 1.82) is 0 Å². The molecule has 2 aromatic rings. The Bertz CT molecular complexity index is 522. The van der Waals surface area contributed by atoms with Gasteiger partial charge < -0.3 is 5.32 Å². The van der Waals surface area contributed by atoms with Crippen molar-refractivity contribution in [2.24, 2.45) is 0 Å². The summed E-state index contributed by atoms with van der Waals surface area (Å²) in [5, 5.41) is 16.9. The highest BCUT2D eigenvalue weighted by molar-refractivity contribution is 7.11. The zero-order valence-electron chi connectivity index (χ0n) is 11.0. The van der Waals surface area contributed by atoms with Gasteiger partial charge >= 0.3 is 0 Å². The number of hydrogen-bond acceptors (Lipinski definition) is 5. The standard InChI is InChI=1S/C12H17N5OS/c1-3-10(17-8-4-6-14-17)12(18)13-7-5-11-16-15-9(2)19-11/h4,6,8,10H,3,5,7H2,1-2H3,(H,13,18)/t10-/m0/s1. The van der Waals surface area contributed by atoms with Crippen LogP contribution in [-0.4, -0.2) is 32.4 Å². The second kappa shape index (κ2) is 6.42. The summed E-state index contributed by atoms with van der Waals surface area (Å²) in [5.41, 5.74) is 0. The molecule has 0 unspecified atom stereocenters. The molecule has 0 saturated heterocycles. The molecule has 1 N–H and O–H groups in total. The second-order valence-electron chi connectivity index (χ2n) is 4.17. The Kier molecular flexibility index (Phi) is 4.62. The first-order valence-corrected chi connectivity index (χ1v) is 7.08. The molecule has 2 heterocycles. The van der Waals surface area contributed by atoms with E-state index in [1.165, 1.54) is 0 Å². The van der Waals surface area contributed by atoms with Crippen LogP contribution in [0.2, 0.25) is 0 Å². The van der Waals surface area contributed by atoms with E-state index in [1.54, 1.807) is 22.2 Å². The molecule has 0 bridgehead atoms. The first-order valence-electron chi connectivity index (χ1n) is 6.26. The normalized spacial score (nSPS) is 12.3. The summed E-state index contributed by atoms with van der Waals surface area (Å²) in [7, 11) is 0. The summed E-state index contributed by atoms with van der Waals surface area (Å²) < 4.78 is 1.68. The number of nitrogens with one attached hydrogen (secondary N) is 1. The number of aryl methyl sites for hydroxylation is 1. The zero-order chi connectivity index (χ0) is 13.7. The van der Waals surface area contributed by atoms with Crippen LogP contribution >= 0.6 is 11.3 Å². The lowest BCUT2D eigenvalue weighted by atomic mass is 10.2. The maximum absolute atomic E-state index is 12.1. The highest BCUT2D eigenvalue weighted by atomic mass is 32.1. The molecule has 0 aliphatic heterocycles.